The van der Waals surface area contributed by atoms with Gasteiger partial charge in [-0.1, -0.05) is 91.0 Å². The lowest BCUT2D eigenvalue weighted by molar-refractivity contribution is 1.18. The molecule has 0 fully saturated rings. The minimum absolute atomic E-state index is 0.962. The molecule has 0 saturated heterocycles. The van der Waals surface area contributed by atoms with Crippen LogP contribution in [-0.2, 0) is 0 Å². The highest BCUT2D eigenvalue weighted by Crippen LogP contribution is 2.40. The average Bonchev–Trinajstić information content (AvgIpc) is 3.61. The molecule has 0 N–H and O–H groups in total. The quantitative estimate of drug-likeness (QED) is 0.227. The Balaban J connectivity index is 1.44. The molecule has 0 aliphatic carbocycles. The Morgan fingerprint density at radius 3 is 2.27 bits per heavy atom. The lowest BCUT2D eigenvalue weighted by Crippen LogP contribution is -1.96. The lowest BCUT2D eigenvalue weighted by atomic mass is 10.0. The summed E-state index contributed by atoms with van der Waals surface area (Å²) in [4.78, 5) is 9.59. The summed E-state index contributed by atoms with van der Waals surface area (Å²) in [5.74, 6) is 0. The SMILES string of the molecule is c1ccc(-c2cccc3c4ccc(-c5nc6ccccc6s5)cc4n(-c4cccc(-c5ccccn5)c4)c23)cc1. The van der Waals surface area contributed by atoms with Crippen LogP contribution < -0.4 is 0 Å². The van der Waals surface area contributed by atoms with Crippen molar-refractivity contribution in [2.45, 2.75) is 0 Å². The summed E-state index contributed by atoms with van der Waals surface area (Å²) in [6.07, 6.45) is 1.85. The second kappa shape index (κ2) is 9.30. The third kappa shape index (κ3) is 3.73. The molecule has 3 heterocycles. The van der Waals surface area contributed by atoms with E-state index in [9.17, 15) is 0 Å². The molecule has 8 rings (SSSR count). The van der Waals surface area contributed by atoms with E-state index in [0.29, 0.717) is 0 Å². The Hall–Kier alpha value is -5.06. The van der Waals surface area contributed by atoms with Crippen LogP contribution in [0.15, 0.2) is 140 Å². The lowest BCUT2D eigenvalue weighted by Gasteiger charge is -2.13. The van der Waals surface area contributed by atoms with Crippen molar-refractivity contribution in [3.8, 4) is 38.6 Å². The maximum Gasteiger partial charge on any atom is 0.124 e. The number of rotatable bonds is 4. The Morgan fingerprint density at radius 2 is 1.40 bits per heavy atom. The van der Waals surface area contributed by atoms with Gasteiger partial charge in [0.1, 0.15) is 5.01 Å². The first-order valence-electron chi connectivity index (χ1n) is 13.3. The Bertz CT molecular complexity index is 2130. The van der Waals surface area contributed by atoms with Gasteiger partial charge in [-0.3, -0.25) is 4.98 Å². The fourth-order valence-corrected chi connectivity index (χ4v) is 6.61. The van der Waals surface area contributed by atoms with Crippen molar-refractivity contribution in [2.75, 3.05) is 0 Å². The monoisotopic (exact) mass is 529 g/mol. The zero-order chi connectivity index (χ0) is 26.5. The van der Waals surface area contributed by atoms with Gasteiger partial charge in [0.15, 0.2) is 0 Å². The van der Waals surface area contributed by atoms with Crippen molar-refractivity contribution < 1.29 is 0 Å². The second-order valence-electron chi connectivity index (χ2n) is 9.89. The van der Waals surface area contributed by atoms with E-state index in [0.717, 1.165) is 38.5 Å². The fraction of sp³-hybridized carbons (Fsp3) is 0. The molecule has 0 amide bonds. The van der Waals surface area contributed by atoms with Gasteiger partial charge in [0.25, 0.3) is 0 Å². The Labute approximate surface area is 235 Å². The first kappa shape index (κ1) is 22.9. The van der Waals surface area contributed by atoms with E-state index < -0.39 is 0 Å². The van der Waals surface area contributed by atoms with Gasteiger partial charge in [0.05, 0.1) is 26.9 Å². The minimum atomic E-state index is 0.962. The molecule has 40 heavy (non-hydrogen) atoms. The summed E-state index contributed by atoms with van der Waals surface area (Å²) >= 11 is 1.74. The number of para-hydroxylation sites is 2. The van der Waals surface area contributed by atoms with Gasteiger partial charge in [-0.25, -0.2) is 4.98 Å². The average molecular weight is 530 g/mol. The van der Waals surface area contributed by atoms with Crippen molar-refractivity contribution >= 4 is 43.4 Å². The molecule has 0 aliphatic rings. The van der Waals surface area contributed by atoms with Crippen molar-refractivity contribution in [1.82, 2.24) is 14.5 Å². The molecule has 3 aromatic heterocycles. The van der Waals surface area contributed by atoms with E-state index in [4.69, 9.17) is 4.98 Å². The van der Waals surface area contributed by atoms with Gasteiger partial charge < -0.3 is 4.57 Å². The van der Waals surface area contributed by atoms with Gasteiger partial charge in [-0.05, 0) is 48.0 Å². The van der Waals surface area contributed by atoms with E-state index in [1.807, 2.05) is 24.4 Å². The smallest absolute Gasteiger partial charge is 0.124 e. The first-order valence-corrected chi connectivity index (χ1v) is 14.2. The van der Waals surface area contributed by atoms with Crippen LogP contribution in [0.5, 0.6) is 0 Å². The van der Waals surface area contributed by atoms with E-state index >= 15 is 0 Å². The number of hydrogen-bond donors (Lipinski definition) is 0. The molecule has 0 radical (unpaired) electrons. The van der Waals surface area contributed by atoms with Crippen LogP contribution in [-0.4, -0.2) is 14.5 Å². The van der Waals surface area contributed by atoms with Gasteiger partial charge >= 0.3 is 0 Å². The van der Waals surface area contributed by atoms with Crippen LogP contribution >= 0.6 is 11.3 Å². The molecule has 0 atom stereocenters. The summed E-state index contributed by atoms with van der Waals surface area (Å²) in [6, 6.07) is 47.1. The molecule has 0 bridgehead atoms. The van der Waals surface area contributed by atoms with Crippen LogP contribution in [0.4, 0.5) is 0 Å². The third-order valence-electron chi connectivity index (χ3n) is 7.48. The zero-order valence-electron chi connectivity index (χ0n) is 21.5. The summed E-state index contributed by atoms with van der Waals surface area (Å²) in [5, 5.41) is 3.49. The van der Waals surface area contributed by atoms with E-state index in [1.165, 1.54) is 32.1 Å². The van der Waals surface area contributed by atoms with Crippen molar-refractivity contribution in [3.05, 3.63) is 140 Å². The molecule has 8 aromatic rings. The molecule has 3 nitrogen and oxygen atoms in total. The molecular weight excluding hydrogens is 506 g/mol. The molecule has 0 unspecified atom stereocenters. The predicted molar refractivity (Wildman–Crippen MR) is 168 cm³/mol. The van der Waals surface area contributed by atoms with Gasteiger partial charge in [0, 0.05) is 39.3 Å². The van der Waals surface area contributed by atoms with E-state index in [-0.39, 0.29) is 0 Å². The standard InChI is InChI=1S/C36H23N3S/c1-2-10-24(11-3-1)28-14-9-15-30-29-20-19-26(36-38-32-17-4-5-18-34(32)40-36)23-33(29)39(35(28)30)27-13-8-12-25(22-27)31-16-6-7-21-37-31/h1-23H. The highest BCUT2D eigenvalue weighted by atomic mass is 32.1. The Kier molecular flexibility index (Phi) is 5.32. The number of hydrogen-bond acceptors (Lipinski definition) is 3. The molecule has 0 aliphatic heterocycles. The highest BCUT2D eigenvalue weighted by molar-refractivity contribution is 7.21. The number of benzene rings is 5. The molecule has 4 heteroatoms. The topological polar surface area (TPSA) is 30.7 Å². The third-order valence-corrected chi connectivity index (χ3v) is 8.56. The molecule has 5 aromatic carbocycles. The van der Waals surface area contributed by atoms with Gasteiger partial charge in [0.2, 0.25) is 0 Å². The summed E-state index contributed by atoms with van der Waals surface area (Å²) < 4.78 is 3.61. The summed E-state index contributed by atoms with van der Waals surface area (Å²) in [5.41, 5.74) is 10.1. The molecule has 0 saturated carbocycles. The van der Waals surface area contributed by atoms with Crippen LogP contribution in [0.3, 0.4) is 0 Å². The Morgan fingerprint density at radius 1 is 0.575 bits per heavy atom. The van der Waals surface area contributed by atoms with Crippen molar-refractivity contribution in [1.29, 1.82) is 0 Å². The normalized spacial score (nSPS) is 11.5. The van der Waals surface area contributed by atoms with Gasteiger partial charge in [-0.2, -0.15) is 0 Å². The first-order chi connectivity index (χ1) is 19.8. The van der Waals surface area contributed by atoms with Crippen LogP contribution in [0.2, 0.25) is 0 Å². The maximum absolute atomic E-state index is 4.97. The number of aromatic nitrogens is 3. The summed E-state index contributed by atoms with van der Waals surface area (Å²) in [6.45, 7) is 0. The van der Waals surface area contributed by atoms with Crippen molar-refractivity contribution in [2.24, 2.45) is 0 Å². The van der Waals surface area contributed by atoms with E-state index in [2.05, 4.69) is 125 Å². The number of fused-ring (bicyclic) bond motifs is 4. The number of nitrogens with zero attached hydrogens (tertiary/aromatic N) is 3. The zero-order valence-corrected chi connectivity index (χ0v) is 22.3. The fourth-order valence-electron chi connectivity index (χ4n) is 5.65. The molecular formula is C36H23N3S. The van der Waals surface area contributed by atoms with E-state index in [1.54, 1.807) is 11.3 Å². The van der Waals surface area contributed by atoms with Gasteiger partial charge in [-0.15, -0.1) is 11.3 Å². The number of pyridine rings is 1. The largest absolute Gasteiger partial charge is 0.309 e. The van der Waals surface area contributed by atoms with Crippen LogP contribution in [0.1, 0.15) is 0 Å². The van der Waals surface area contributed by atoms with Crippen molar-refractivity contribution in [3.63, 3.8) is 0 Å². The minimum Gasteiger partial charge on any atom is -0.309 e. The van der Waals surface area contributed by atoms with Crippen LogP contribution in [0.25, 0.3) is 70.7 Å². The molecule has 0 spiro atoms. The molecule has 188 valence electrons. The second-order valence-corrected chi connectivity index (χ2v) is 10.9. The number of thiazole rings is 1. The summed E-state index contributed by atoms with van der Waals surface area (Å²) in [7, 11) is 0. The van der Waals surface area contributed by atoms with Crippen LogP contribution in [0, 0.1) is 0 Å². The highest BCUT2D eigenvalue weighted by Gasteiger charge is 2.18. The predicted octanol–water partition coefficient (Wildman–Crippen LogP) is 9.79. The maximum atomic E-state index is 4.97.